The Morgan fingerprint density at radius 3 is 2.45 bits per heavy atom. The van der Waals surface area contributed by atoms with E-state index in [1.54, 1.807) is 0 Å². The Bertz CT molecular complexity index is 241. The minimum Gasteiger partial charge on any atom is -0.383 e. The zero-order valence-electron chi connectivity index (χ0n) is 6.20. The van der Waals surface area contributed by atoms with Crippen LogP contribution in [0.5, 0.6) is 0 Å². The number of rotatable bonds is 2. The molecule has 58 valence electrons. The van der Waals surface area contributed by atoms with Gasteiger partial charge in [0, 0.05) is 5.56 Å². The summed E-state index contributed by atoms with van der Waals surface area (Å²) in [5, 5.41) is 0. The third-order valence-corrected chi connectivity index (χ3v) is 1.33. The molecule has 0 aliphatic rings. The van der Waals surface area contributed by atoms with E-state index >= 15 is 0 Å². The van der Waals surface area contributed by atoms with Gasteiger partial charge in [-0.3, -0.25) is 4.99 Å². The number of amidine groups is 1. The van der Waals surface area contributed by atoms with Crippen LogP contribution in [0.3, 0.4) is 0 Å². The fourth-order valence-corrected chi connectivity index (χ4v) is 0.799. The van der Waals surface area contributed by atoms with E-state index in [1.807, 2.05) is 30.3 Å². The highest BCUT2D eigenvalue weighted by atomic mass is 14.9. The van der Waals surface area contributed by atoms with Crippen LogP contribution in [0.4, 0.5) is 0 Å². The second-order valence-corrected chi connectivity index (χ2v) is 2.09. The molecule has 0 amide bonds. The Kier molecular flexibility index (Phi) is 2.63. The number of nitrogens with zero attached hydrogens (tertiary/aromatic N) is 1. The van der Waals surface area contributed by atoms with Crippen molar-refractivity contribution in [3.05, 3.63) is 35.9 Å². The second kappa shape index (κ2) is 3.73. The van der Waals surface area contributed by atoms with Gasteiger partial charge in [-0.05, 0) is 0 Å². The molecule has 0 heterocycles. The quantitative estimate of drug-likeness (QED) is 0.469. The van der Waals surface area contributed by atoms with E-state index < -0.39 is 0 Å². The van der Waals surface area contributed by atoms with Gasteiger partial charge in [0.1, 0.15) is 5.84 Å². The van der Waals surface area contributed by atoms with Crippen LogP contribution in [0.25, 0.3) is 0 Å². The number of nitrogens with two attached hydrogens (primary N) is 2. The fourth-order valence-electron chi connectivity index (χ4n) is 0.799. The molecule has 0 saturated heterocycles. The lowest BCUT2D eigenvalue weighted by molar-refractivity contribution is 1.06. The van der Waals surface area contributed by atoms with Crippen molar-refractivity contribution in [2.75, 3.05) is 6.67 Å². The Hall–Kier alpha value is -1.35. The topological polar surface area (TPSA) is 64.4 Å². The number of aliphatic imine (C=N–C) groups is 1. The Morgan fingerprint density at radius 1 is 1.27 bits per heavy atom. The Labute approximate surface area is 65.7 Å². The van der Waals surface area contributed by atoms with Gasteiger partial charge in [0.05, 0.1) is 6.67 Å². The predicted octanol–water partition coefficient (Wildman–Crippen LogP) is 0.308. The molecule has 0 radical (unpaired) electrons. The first-order valence-corrected chi connectivity index (χ1v) is 3.40. The Morgan fingerprint density at radius 2 is 1.91 bits per heavy atom. The number of hydrogen-bond donors (Lipinski definition) is 2. The average molecular weight is 149 g/mol. The van der Waals surface area contributed by atoms with Crippen LogP contribution in [-0.2, 0) is 0 Å². The number of hydrogen-bond acceptors (Lipinski definition) is 2. The molecular weight excluding hydrogens is 138 g/mol. The third-order valence-electron chi connectivity index (χ3n) is 1.33. The summed E-state index contributed by atoms with van der Waals surface area (Å²) in [6, 6.07) is 9.55. The molecule has 1 aromatic carbocycles. The molecule has 0 aliphatic heterocycles. The van der Waals surface area contributed by atoms with E-state index in [9.17, 15) is 0 Å². The standard InChI is InChI=1S/C8H11N3/c9-6-11-8(10)7-4-2-1-3-5-7/h1-5H,6,9H2,(H2,10,11). The van der Waals surface area contributed by atoms with Crippen molar-refractivity contribution in [2.45, 2.75) is 0 Å². The van der Waals surface area contributed by atoms with Crippen molar-refractivity contribution < 1.29 is 0 Å². The van der Waals surface area contributed by atoms with E-state index in [-0.39, 0.29) is 6.67 Å². The van der Waals surface area contributed by atoms with Gasteiger partial charge in [-0.25, -0.2) is 0 Å². The summed E-state index contributed by atoms with van der Waals surface area (Å²) in [7, 11) is 0. The molecule has 3 heteroatoms. The van der Waals surface area contributed by atoms with Gasteiger partial charge < -0.3 is 11.5 Å². The summed E-state index contributed by atoms with van der Waals surface area (Å²) in [5.41, 5.74) is 11.7. The lowest BCUT2D eigenvalue weighted by Gasteiger charge is -1.97. The van der Waals surface area contributed by atoms with Gasteiger partial charge >= 0.3 is 0 Å². The van der Waals surface area contributed by atoms with Crippen molar-refractivity contribution in [3.8, 4) is 0 Å². The maximum atomic E-state index is 5.58. The van der Waals surface area contributed by atoms with Gasteiger partial charge in [-0.15, -0.1) is 0 Å². The highest BCUT2D eigenvalue weighted by Gasteiger charge is 1.92. The highest BCUT2D eigenvalue weighted by Crippen LogP contribution is 1.96. The summed E-state index contributed by atoms with van der Waals surface area (Å²) < 4.78 is 0. The molecule has 0 fully saturated rings. The van der Waals surface area contributed by atoms with E-state index in [1.165, 1.54) is 0 Å². The first-order valence-electron chi connectivity index (χ1n) is 3.40. The molecule has 1 rings (SSSR count). The van der Waals surface area contributed by atoms with Crippen LogP contribution in [0.1, 0.15) is 5.56 Å². The minimum absolute atomic E-state index is 0.237. The molecule has 0 aliphatic carbocycles. The summed E-state index contributed by atoms with van der Waals surface area (Å²) in [6.07, 6.45) is 0. The zero-order chi connectivity index (χ0) is 8.10. The van der Waals surface area contributed by atoms with Crippen molar-refractivity contribution in [3.63, 3.8) is 0 Å². The lowest BCUT2D eigenvalue weighted by Crippen LogP contribution is -2.15. The summed E-state index contributed by atoms with van der Waals surface area (Å²) >= 11 is 0. The molecule has 0 atom stereocenters. The fraction of sp³-hybridized carbons (Fsp3) is 0.125. The molecule has 0 bridgehead atoms. The van der Waals surface area contributed by atoms with Crippen molar-refractivity contribution in [2.24, 2.45) is 16.5 Å². The van der Waals surface area contributed by atoms with Gasteiger partial charge in [0.25, 0.3) is 0 Å². The Balaban J connectivity index is 2.85. The predicted molar refractivity (Wildman–Crippen MR) is 46.2 cm³/mol. The monoisotopic (exact) mass is 149 g/mol. The van der Waals surface area contributed by atoms with Gasteiger partial charge in [0.2, 0.25) is 0 Å². The molecule has 3 nitrogen and oxygen atoms in total. The molecule has 0 spiro atoms. The van der Waals surface area contributed by atoms with Crippen LogP contribution in [0.2, 0.25) is 0 Å². The molecular formula is C8H11N3. The molecule has 0 unspecified atom stereocenters. The van der Waals surface area contributed by atoms with Crippen LogP contribution < -0.4 is 11.5 Å². The van der Waals surface area contributed by atoms with E-state index in [0.29, 0.717) is 5.84 Å². The highest BCUT2D eigenvalue weighted by molar-refractivity contribution is 5.97. The zero-order valence-corrected chi connectivity index (χ0v) is 6.20. The summed E-state index contributed by atoms with van der Waals surface area (Å²) in [6.45, 7) is 0.237. The van der Waals surface area contributed by atoms with Crippen LogP contribution in [0.15, 0.2) is 35.3 Å². The molecule has 0 aromatic heterocycles. The third kappa shape index (κ3) is 2.05. The van der Waals surface area contributed by atoms with Crippen LogP contribution in [-0.4, -0.2) is 12.5 Å². The second-order valence-electron chi connectivity index (χ2n) is 2.09. The first-order chi connectivity index (χ1) is 5.34. The number of benzene rings is 1. The molecule has 1 aromatic rings. The maximum absolute atomic E-state index is 5.58. The molecule has 4 N–H and O–H groups in total. The van der Waals surface area contributed by atoms with Crippen molar-refractivity contribution >= 4 is 5.84 Å². The summed E-state index contributed by atoms with van der Waals surface area (Å²) in [4.78, 5) is 3.87. The van der Waals surface area contributed by atoms with E-state index in [0.717, 1.165) is 5.56 Å². The molecule has 0 saturated carbocycles. The van der Waals surface area contributed by atoms with Crippen molar-refractivity contribution in [1.29, 1.82) is 0 Å². The summed E-state index contributed by atoms with van der Waals surface area (Å²) in [5.74, 6) is 0.494. The first kappa shape index (κ1) is 7.75. The van der Waals surface area contributed by atoms with Crippen molar-refractivity contribution in [1.82, 2.24) is 0 Å². The van der Waals surface area contributed by atoms with E-state index in [2.05, 4.69) is 4.99 Å². The maximum Gasteiger partial charge on any atom is 0.127 e. The normalized spacial score (nSPS) is 11.5. The average Bonchev–Trinajstić information content (AvgIpc) is 2.07. The van der Waals surface area contributed by atoms with E-state index in [4.69, 9.17) is 11.5 Å². The SMILES string of the molecule is NCN=C(N)c1ccccc1. The minimum atomic E-state index is 0.237. The van der Waals surface area contributed by atoms with Gasteiger partial charge in [-0.2, -0.15) is 0 Å². The van der Waals surface area contributed by atoms with Gasteiger partial charge in [-0.1, -0.05) is 30.3 Å². The van der Waals surface area contributed by atoms with Crippen LogP contribution >= 0.6 is 0 Å². The van der Waals surface area contributed by atoms with Gasteiger partial charge in [0.15, 0.2) is 0 Å². The lowest BCUT2D eigenvalue weighted by atomic mass is 10.2. The largest absolute Gasteiger partial charge is 0.383 e. The van der Waals surface area contributed by atoms with Crippen LogP contribution in [0, 0.1) is 0 Å². The smallest absolute Gasteiger partial charge is 0.127 e. The molecule has 11 heavy (non-hydrogen) atoms.